The summed E-state index contributed by atoms with van der Waals surface area (Å²) < 4.78 is 0. The molecule has 4 aromatic carbocycles. The summed E-state index contributed by atoms with van der Waals surface area (Å²) in [5.41, 5.74) is -1.31. The minimum atomic E-state index is -1.87. The molecule has 0 saturated heterocycles. The highest BCUT2D eigenvalue weighted by Crippen LogP contribution is 2.47. The molecule has 0 unspecified atom stereocenters. The summed E-state index contributed by atoms with van der Waals surface area (Å²) in [4.78, 5) is 29.6. The van der Waals surface area contributed by atoms with Gasteiger partial charge in [-0.2, -0.15) is 0 Å². The normalized spacial score (nSPS) is 14.0. The number of aliphatic hydroxyl groups is 2. The van der Waals surface area contributed by atoms with Gasteiger partial charge in [0.25, 0.3) is 0 Å². The molecule has 2 amide bonds. The highest BCUT2D eigenvalue weighted by molar-refractivity contribution is 5.93. The van der Waals surface area contributed by atoms with E-state index in [0.717, 1.165) is 11.4 Å². The van der Waals surface area contributed by atoms with Crippen LogP contribution < -0.4 is 9.80 Å². The second kappa shape index (κ2) is 12.7. The summed E-state index contributed by atoms with van der Waals surface area (Å²) >= 11 is 0. The number of hydrogen-bond donors (Lipinski definition) is 2. The molecule has 0 aliphatic heterocycles. The molecule has 6 heteroatoms. The van der Waals surface area contributed by atoms with E-state index in [1.165, 1.54) is 0 Å². The molecule has 0 aliphatic rings. The summed E-state index contributed by atoms with van der Waals surface area (Å²) in [6.45, 7) is 0. The molecule has 2 N–H and O–H groups in total. The number of benzene rings is 4. The molecule has 0 radical (unpaired) electrons. The minimum absolute atomic E-state index is 0.0240. The molecule has 0 saturated carbocycles. The van der Waals surface area contributed by atoms with Crippen LogP contribution >= 0.6 is 0 Å². The van der Waals surface area contributed by atoms with E-state index in [2.05, 4.69) is 0 Å². The Labute approximate surface area is 236 Å². The third kappa shape index (κ3) is 6.14. The van der Waals surface area contributed by atoms with E-state index in [9.17, 15) is 19.8 Å². The van der Waals surface area contributed by atoms with Crippen molar-refractivity contribution in [2.45, 2.75) is 36.9 Å². The Morgan fingerprint density at radius 3 is 1.10 bits per heavy atom. The monoisotopic (exact) mass is 536 g/mol. The van der Waals surface area contributed by atoms with Crippen LogP contribution in [0, 0.1) is 0 Å². The Bertz CT molecular complexity index is 1270. The van der Waals surface area contributed by atoms with Crippen LogP contribution in [0.1, 0.15) is 36.8 Å². The SMILES string of the molecule is CN(C(=O)CC[C@@](O)(c1ccccc1)[C@](O)(CCC(=O)N(C)c1ccccc1)c1ccccc1)c1ccccc1. The van der Waals surface area contributed by atoms with E-state index in [1.807, 2.05) is 72.8 Å². The molecule has 4 aromatic rings. The minimum Gasteiger partial charge on any atom is -0.382 e. The van der Waals surface area contributed by atoms with Crippen LogP contribution in [0.25, 0.3) is 0 Å². The van der Waals surface area contributed by atoms with Crippen LogP contribution in [0.3, 0.4) is 0 Å². The van der Waals surface area contributed by atoms with Crippen molar-refractivity contribution in [1.82, 2.24) is 0 Å². The van der Waals surface area contributed by atoms with E-state index in [0.29, 0.717) is 11.1 Å². The van der Waals surface area contributed by atoms with Gasteiger partial charge in [-0.15, -0.1) is 0 Å². The molecule has 40 heavy (non-hydrogen) atoms. The van der Waals surface area contributed by atoms with Crippen LogP contribution in [-0.2, 0) is 20.8 Å². The van der Waals surface area contributed by atoms with Crippen LogP contribution in [0.4, 0.5) is 11.4 Å². The lowest BCUT2D eigenvalue weighted by atomic mass is 9.68. The molecular weight excluding hydrogens is 500 g/mol. The molecule has 0 spiro atoms. The zero-order valence-corrected chi connectivity index (χ0v) is 23.0. The van der Waals surface area contributed by atoms with Crippen molar-refractivity contribution < 1.29 is 19.8 Å². The van der Waals surface area contributed by atoms with Gasteiger partial charge >= 0.3 is 0 Å². The summed E-state index contributed by atoms with van der Waals surface area (Å²) in [6.07, 6.45) is -0.157. The lowest BCUT2D eigenvalue weighted by Gasteiger charge is -2.45. The van der Waals surface area contributed by atoms with Crippen molar-refractivity contribution in [3.05, 3.63) is 132 Å². The van der Waals surface area contributed by atoms with Gasteiger partial charge in [-0.05, 0) is 48.2 Å². The van der Waals surface area contributed by atoms with Gasteiger partial charge < -0.3 is 20.0 Å². The summed E-state index contributed by atoms with van der Waals surface area (Å²) in [5, 5.41) is 25.0. The van der Waals surface area contributed by atoms with Crippen molar-refractivity contribution >= 4 is 23.2 Å². The lowest BCUT2D eigenvalue weighted by Crippen LogP contribution is -2.50. The van der Waals surface area contributed by atoms with Crippen molar-refractivity contribution in [2.75, 3.05) is 23.9 Å². The molecule has 4 rings (SSSR count). The smallest absolute Gasteiger partial charge is 0.226 e. The Morgan fingerprint density at radius 1 is 0.525 bits per heavy atom. The fourth-order valence-electron chi connectivity index (χ4n) is 5.11. The predicted octanol–water partition coefficient (Wildman–Crippen LogP) is 5.65. The molecular formula is C34H36N2O4. The first-order chi connectivity index (χ1) is 19.3. The van der Waals surface area contributed by atoms with Gasteiger partial charge in [-0.3, -0.25) is 9.59 Å². The van der Waals surface area contributed by atoms with Crippen LogP contribution in [0.2, 0.25) is 0 Å². The topological polar surface area (TPSA) is 81.1 Å². The molecule has 2 atom stereocenters. The number of nitrogens with zero attached hydrogens (tertiary/aromatic N) is 2. The van der Waals surface area contributed by atoms with Crippen LogP contribution in [0.5, 0.6) is 0 Å². The van der Waals surface area contributed by atoms with Crippen molar-refractivity contribution in [1.29, 1.82) is 0 Å². The van der Waals surface area contributed by atoms with Gasteiger partial charge in [0.05, 0.1) is 0 Å². The second-order valence-corrected chi connectivity index (χ2v) is 10.0. The predicted molar refractivity (Wildman–Crippen MR) is 159 cm³/mol. The van der Waals surface area contributed by atoms with Crippen molar-refractivity contribution in [2.24, 2.45) is 0 Å². The largest absolute Gasteiger partial charge is 0.382 e. The van der Waals surface area contributed by atoms with Gasteiger partial charge in [0.15, 0.2) is 0 Å². The third-order valence-electron chi connectivity index (χ3n) is 7.62. The van der Waals surface area contributed by atoms with Gasteiger partial charge in [0.2, 0.25) is 11.8 Å². The standard InChI is InChI=1S/C34H36N2O4/c1-35(29-19-11-5-12-20-29)31(37)23-25-33(39,27-15-7-3-8-16-27)34(40,28-17-9-4-10-18-28)26-24-32(38)36(2)30-21-13-6-14-22-30/h3-22,39-40H,23-26H2,1-2H3/t33-,34+. The average Bonchev–Trinajstić information content (AvgIpc) is 3.03. The maximum absolute atomic E-state index is 13.3. The first kappa shape index (κ1) is 28.7. The number of carbonyl (C=O) groups is 2. The fourth-order valence-corrected chi connectivity index (χ4v) is 5.11. The Kier molecular flexibility index (Phi) is 9.15. The van der Waals surface area contributed by atoms with Gasteiger partial charge in [0.1, 0.15) is 11.2 Å². The van der Waals surface area contributed by atoms with E-state index in [1.54, 1.807) is 72.4 Å². The quantitative estimate of drug-likeness (QED) is 0.260. The van der Waals surface area contributed by atoms with Crippen LogP contribution in [0.15, 0.2) is 121 Å². The maximum atomic E-state index is 13.3. The Balaban J connectivity index is 1.67. The van der Waals surface area contributed by atoms with E-state index < -0.39 is 11.2 Å². The van der Waals surface area contributed by atoms with E-state index in [4.69, 9.17) is 0 Å². The molecule has 0 bridgehead atoms. The third-order valence-corrected chi connectivity index (χ3v) is 7.62. The number of para-hydroxylation sites is 2. The molecule has 0 aliphatic carbocycles. The van der Waals surface area contributed by atoms with Crippen molar-refractivity contribution in [3.63, 3.8) is 0 Å². The fraction of sp³-hybridized carbons (Fsp3) is 0.235. The molecule has 0 aromatic heterocycles. The summed E-state index contributed by atoms with van der Waals surface area (Å²) in [6, 6.07) is 36.4. The van der Waals surface area contributed by atoms with Gasteiger partial charge in [-0.1, -0.05) is 97.1 Å². The Morgan fingerprint density at radius 2 is 0.800 bits per heavy atom. The average molecular weight is 537 g/mol. The molecule has 206 valence electrons. The van der Waals surface area contributed by atoms with Gasteiger partial charge in [0, 0.05) is 38.3 Å². The van der Waals surface area contributed by atoms with E-state index in [-0.39, 0.29) is 37.5 Å². The number of rotatable bonds is 11. The number of anilines is 2. The highest BCUT2D eigenvalue weighted by atomic mass is 16.4. The highest BCUT2D eigenvalue weighted by Gasteiger charge is 2.51. The summed E-state index contributed by atoms with van der Waals surface area (Å²) in [7, 11) is 3.39. The first-order valence-electron chi connectivity index (χ1n) is 13.5. The molecule has 0 heterocycles. The number of carbonyl (C=O) groups excluding carboxylic acids is 2. The summed E-state index contributed by atoms with van der Waals surface area (Å²) in [5.74, 6) is -0.397. The lowest BCUT2D eigenvalue weighted by molar-refractivity contribution is -0.177. The maximum Gasteiger partial charge on any atom is 0.226 e. The van der Waals surface area contributed by atoms with Crippen molar-refractivity contribution in [3.8, 4) is 0 Å². The number of hydrogen-bond acceptors (Lipinski definition) is 4. The zero-order valence-electron chi connectivity index (χ0n) is 23.0. The molecule has 6 nitrogen and oxygen atoms in total. The van der Waals surface area contributed by atoms with Gasteiger partial charge in [-0.25, -0.2) is 0 Å². The Hall–Kier alpha value is -4.26. The first-order valence-corrected chi connectivity index (χ1v) is 13.5. The zero-order chi connectivity index (χ0) is 28.6. The van der Waals surface area contributed by atoms with Crippen LogP contribution in [-0.4, -0.2) is 36.1 Å². The van der Waals surface area contributed by atoms with E-state index >= 15 is 0 Å². The molecule has 0 fully saturated rings. The second-order valence-electron chi connectivity index (χ2n) is 10.0. The number of amides is 2.